The summed E-state index contributed by atoms with van der Waals surface area (Å²) in [5.74, 6) is 1.49. The van der Waals surface area contributed by atoms with Gasteiger partial charge in [0.1, 0.15) is 12.4 Å². The lowest BCUT2D eigenvalue weighted by Gasteiger charge is -2.06. The van der Waals surface area contributed by atoms with Gasteiger partial charge in [0.05, 0.1) is 11.4 Å². The predicted molar refractivity (Wildman–Crippen MR) is 131 cm³/mol. The Balaban J connectivity index is 1.29. The Bertz CT molecular complexity index is 1210. The van der Waals surface area contributed by atoms with Crippen molar-refractivity contribution >= 4 is 50.1 Å². The van der Waals surface area contributed by atoms with Crippen molar-refractivity contribution in [3.05, 3.63) is 69.8 Å². The van der Waals surface area contributed by atoms with E-state index in [2.05, 4.69) is 36.4 Å². The van der Waals surface area contributed by atoms with E-state index in [1.54, 1.807) is 0 Å². The first kappa shape index (κ1) is 22.5. The highest BCUT2D eigenvalue weighted by Crippen LogP contribution is 2.25. The Morgan fingerprint density at radius 3 is 2.66 bits per heavy atom. The van der Waals surface area contributed by atoms with Gasteiger partial charge in [-0.1, -0.05) is 57.5 Å². The van der Waals surface area contributed by atoms with E-state index in [0.29, 0.717) is 22.7 Å². The van der Waals surface area contributed by atoms with Crippen LogP contribution in [0.15, 0.2) is 63.5 Å². The number of rotatable bonds is 8. The highest BCUT2D eigenvalue weighted by Gasteiger charge is 2.13. The van der Waals surface area contributed by atoms with E-state index >= 15 is 0 Å². The maximum absolute atomic E-state index is 12.4. The van der Waals surface area contributed by atoms with E-state index < -0.39 is 0 Å². The van der Waals surface area contributed by atoms with Crippen LogP contribution in [0.25, 0.3) is 11.3 Å². The van der Waals surface area contributed by atoms with Crippen molar-refractivity contribution in [3.8, 4) is 17.0 Å². The number of anilines is 1. The van der Waals surface area contributed by atoms with Crippen molar-refractivity contribution in [2.45, 2.75) is 18.7 Å². The molecule has 0 bridgehead atoms. The fourth-order valence-electron chi connectivity index (χ4n) is 2.75. The molecule has 0 aliphatic heterocycles. The summed E-state index contributed by atoms with van der Waals surface area (Å²) in [6.45, 7) is 2.34. The van der Waals surface area contributed by atoms with Crippen LogP contribution in [-0.2, 0) is 18.4 Å². The van der Waals surface area contributed by atoms with Crippen molar-refractivity contribution < 1.29 is 9.53 Å². The molecule has 4 rings (SSSR count). The van der Waals surface area contributed by atoms with E-state index in [4.69, 9.17) is 4.74 Å². The van der Waals surface area contributed by atoms with Crippen molar-refractivity contribution in [3.63, 3.8) is 0 Å². The van der Waals surface area contributed by atoms with Crippen molar-refractivity contribution in [1.29, 1.82) is 0 Å². The Morgan fingerprint density at radius 2 is 1.91 bits per heavy atom. The van der Waals surface area contributed by atoms with E-state index in [1.807, 2.05) is 72.4 Å². The molecule has 2 aromatic carbocycles. The van der Waals surface area contributed by atoms with E-state index in [-0.39, 0.29) is 11.7 Å². The molecule has 1 amide bonds. The molecule has 0 spiro atoms. The third-order valence-electron chi connectivity index (χ3n) is 4.54. The topological polar surface area (TPSA) is 81.9 Å². The number of thioether (sulfide) groups is 1. The zero-order valence-corrected chi connectivity index (χ0v) is 20.6. The quantitative estimate of drug-likeness (QED) is 0.311. The van der Waals surface area contributed by atoms with Crippen molar-refractivity contribution in [2.75, 3.05) is 11.1 Å². The van der Waals surface area contributed by atoms with Gasteiger partial charge in [-0.15, -0.1) is 21.5 Å². The van der Waals surface area contributed by atoms with Crippen LogP contribution in [0.2, 0.25) is 0 Å². The highest BCUT2D eigenvalue weighted by molar-refractivity contribution is 9.10. The molecule has 4 aromatic rings. The number of amides is 1. The first-order valence-corrected chi connectivity index (χ1v) is 12.4. The summed E-state index contributed by atoms with van der Waals surface area (Å²) < 4.78 is 8.57. The summed E-state index contributed by atoms with van der Waals surface area (Å²) >= 11 is 6.12. The smallest absolute Gasteiger partial charge is 0.236 e. The summed E-state index contributed by atoms with van der Waals surface area (Å²) in [5.41, 5.74) is 3.07. The normalized spacial score (nSPS) is 10.8. The average molecular weight is 530 g/mol. The van der Waals surface area contributed by atoms with Crippen LogP contribution in [-0.4, -0.2) is 31.4 Å². The fraction of sp³-hybridized carbons (Fsp3) is 0.182. The van der Waals surface area contributed by atoms with E-state index in [9.17, 15) is 4.79 Å². The standard InChI is InChI=1S/C22H20BrN5O2S2/c1-14-3-5-15(6-4-14)18-12-31-21(24-18)25-20(29)13-32-22-27-26-19(28(22)2)11-30-17-9-7-16(23)8-10-17/h3-10,12H,11,13H2,1-2H3,(H,24,25,29). The molecule has 0 radical (unpaired) electrons. The minimum atomic E-state index is -0.143. The van der Waals surface area contributed by atoms with Gasteiger partial charge in [0.2, 0.25) is 5.91 Å². The number of ether oxygens (including phenoxy) is 1. The molecule has 0 fully saturated rings. The molecule has 1 N–H and O–H groups in total. The molecular weight excluding hydrogens is 510 g/mol. The van der Waals surface area contributed by atoms with Gasteiger partial charge >= 0.3 is 0 Å². The lowest BCUT2D eigenvalue weighted by atomic mass is 10.1. The zero-order valence-electron chi connectivity index (χ0n) is 17.4. The van der Waals surface area contributed by atoms with Gasteiger partial charge in [-0.05, 0) is 31.2 Å². The number of thiazole rings is 1. The number of hydrogen-bond donors (Lipinski definition) is 1. The fourth-order valence-corrected chi connectivity index (χ4v) is 4.48. The minimum Gasteiger partial charge on any atom is -0.486 e. The van der Waals surface area contributed by atoms with Crippen LogP contribution >= 0.6 is 39.0 Å². The second-order valence-electron chi connectivity index (χ2n) is 6.94. The average Bonchev–Trinajstić information content (AvgIpc) is 3.39. The number of benzene rings is 2. The molecule has 10 heteroatoms. The summed E-state index contributed by atoms with van der Waals surface area (Å²) in [7, 11) is 1.86. The van der Waals surface area contributed by atoms with E-state index in [1.165, 1.54) is 28.7 Å². The van der Waals surface area contributed by atoms with Crippen LogP contribution in [0, 0.1) is 6.92 Å². The first-order chi connectivity index (χ1) is 15.5. The van der Waals surface area contributed by atoms with Gasteiger partial charge in [-0.25, -0.2) is 4.98 Å². The zero-order chi connectivity index (χ0) is 22.5. The molecule has 0 aliphatic carbocycles. The van der Waals surface area contributed by atoms with Crippen LogP contribution in [0.5, 0.6) is 5.75 Å². The molecule has 0 unspecified atom stereocenters. The van der Waals surface area contributed by atoms with Gasteiger partial charge in [-0.3, -0.25) is 4.79 Å². The number of hydrogen-bond acceptors (Lipinski definition) is 7. The molecular formula is C22H20BrN5O2S2. The molecule has 2 aromatic heterocycles. The summed E-state index contributed by atoms with van der Waals surface area (Å²) in [6.07, 6.45) is 0. The summed E-state index contributed by atoms with van der Waals surface area (Å²) in [4.78, 5) is 16.9. The Kier molecular flexibility index (Phi) is 7.23. The van der Waals surface area contributed by atoms with Crippen LogP contribution in [0.1, 0.15) is 11.4 Å². The Labute approximate surface area is 202 Å². The van der Waals surface area contributed by atoms with E-state index in [0.717, 1.165) is 21.5 Å². The molecule has 0 saturated heterocycles. The second kappa shape index (κ2) is 10.3. The van der Waals surface area contributed by atoms with Gasteiger partial charge in [0, 0.05) is 22.5 Å². The van der Waals surface area contributed by atoms with Gasteiger partial charge in [0.15, 0.2) is 16.1 Å². The lowest BCUT2D eigenvalue weighted by molar-refractivity contribution is -0.113. The number of nitrogens with zero attached hydrogens (tertiary/aromatic N) is 4. The number of halogens is 1. The molecule has 0 atom stereocenters. The summed E-state index contributed by atoms with van der Waals surface area (Å²) in [6, 6.07) is 15.7. The minimum absolute atomic E-state index is 0.143. The van der Waals surface area contributed by atoms with Gasteiger partial charge in [-0.2, -0.15) is 0 Å². The number of aromatic nitrogens is 4. The third-order valence-corrected chi connectivity index (χ3v) is 6.84. The van der Waals surface area contributed by atoms with Gasteiger partial charge in [0.25, 0.3) is 0 Å². The largest absolute Gasteiger partial charge is 0.486 e. The lowest BCUT2D eigenvalue weighted by Crippen LogP contribution is -2.14. The third kappa shape index (κ3) is 5.76. The molecule has 0 aliphatic rings. The SMILES string of the molecule is Cc1ccc(-c2csc(NC(=O)CSc3nnc(COc4ccc(Br)cc4)n3C)n2)cc1. The van der Waals surface area contributed by atoms with Crippen LogP contribution in [0.3, 0.4) is 0 Å². The van der Waals surface area contributed by atoms with Gasteiger partial charge < -0.3 is 14.6 Å². The van der Waals surface area contributed by atoms with Crippen molar-refractivity contribution in [1.82, 2.24) is 19.7 Å². The monoisotopic (exact) mass is 529 g/mol. The molecule has 32 heavy (non-hydrogen) atoms. The molecule has 164 valence electrons. The Hall–Kier alpha value is -2.69. The molecule has 2 heterocycles. The maximum atomic E-state index is 12.4. The number of aryl methyl sites for hydroxylation is 1. The maximum Gasteiger partial charge on any atom is 0.236 e. The molecule has 7 nitrogen and oxygen atoms in total. The first-order valence-electron chi connectivity index (χ1n) is 9.70. The summed E-state index contributed by atoms with van der Waals surface area (Å²) in [5, 5.41) is 14.4. The second-order valence-corrected chi connectivity index (χ2v) is 9.66. The number of carbonyl (C=O) groups excluding carboxylic acids is 1. The Morgan fingerprint density at radius 1 is 1.16 bits per heavy atom. The van der Waals surface area contributed by atoms with Crippen LogP contribution in [0.4, 0.5) is 5.13 Å². The number of nitrogens with one attached hydrogen (secondary N) is 1. The van der Waals surface area contributed by atoms with Crippen LogP contribution < -0.4 is 10.1 Å². The van der Waals surface area contributed by atoms with Crippen molar-refractivity contribution in [2.24, 2.45) is 7.05 Å². The highest BCUT2D eigenvalue weighted by atomic mass is 79.9. The molecule has 0 saturated carbocycles. The predicted octanol–water partition coefficient (Wildman–Crippen LogP) is 5.32. The number of carbonyl (C=O) groups is 1.